The van der Waals surface area contributed by atoms with Crippen LogP contribution in [0.1, 0.15) is 0 Å². The van der Waals surface area contributed by atoms with E-state index in [1.807, 2.05) is 0 Å². The maximum Gasteiger partial charge on any atom is 0.441 e. The number of nitrogens with one attached hydrogen (secondary N) is 1. The Hall–Kier alpha value is -1.18. The molecular weight excluding hydrogens is 231 g/mol. The lowest BCUT2D eigenvalue weighted by atomic mass is 10.7. The van der Waals surface area contributed by atoms with E-state index in [0.717, 1.165) is 4.57 Å². The van der Waals surface area contributed by atoms with Crippen LogP contribution in [0.15, 0.2) is 18.7 Å². The molecule has 0 atom stereocenters. The lowest BCUT2D eigenvalue weighted by Crippen LogP contribution is -2.30. The van der Waals surface area contributed by atoms with Gasteiger partial charge >= 0.3 is 11.5 Å². The fourth-order valence-electron chi connectivity index (χ4n) is 0.795. The van der Waals surface area contributed by atoms with Gasteiger partial charge in [-0.05, 0) is 11.8 Å². The molecule has 0 radical (unpaired) electrons. The first-order valence-electron chi connectivity index (χ1n) is 3.96. The van der Waals surface area contributed by atoms with Gasteiger partial charge in [-0.1, -0.05) is 0 Å². The molecule has 0 saturated heterocycles. The summed E-state index contributed by atoms with van der Waals surface area (Å²) in [5, 5.41) is 2.32. The molecule has 1 aromatic rings. The van der Waals surface area contributed by atoms with Crippen molar-refractivity contribution < 1.29 is 18.0 Å². The van der Waals surface area contributed by atoms with E-state index in [2.05, 4.69) is 10.3 Å². The lowest BCUT2D eigenvalue weighted by molar-refractivity contribution is -0.0327. The standard InChI is InChI=1S/C7H8F3N3OS/c8-7(9,10)15-4-2-12-6(14)13-3-1-11-5-13/h1,3,5H,2,4H2,(H,12,14). The number of hydrogen-bond donors (Lipinski definition) is 1. The third-order valence-electron chi connectivity index (χ3n) is 1.38. The van der Waals surface area contributed by atoms with Crippen molar-refractivity contribution in [3.63, 3.8) is 0 Å². The molecular formula is C7H8F3N3OS. The number of aromatic nitrogens is 2. The van der Waals surface area contributed by atoms with Crippen LogP contribution >= 0.6 is 11.8 Å². The SMILES string of the molecule is O=C(NCCSC(F)(F)F)n1ccnc1. The Morgan fingerprint density at radius 1 is 1.53 bits per heavy atom. The van der Waals surface area contributed by atoms with Gasteiger partial charge in [0.25, 0.3) is 0 Å². The van der Waals surface area contributed by atoms with Gasteiger partial charge in [-0.2, -0.15) is 13.2 Å². The fourth-order valence-corrected chi connectivity index (χ4v) is 1.23. The summed E-state index contributed by atoms with van der Waals surface area (Å²) in [6, 6.07) is -0.490. The van der Waals surface area contributed by atoms with Crippen LogP contribution in [0.25, 0.3) is 0 Å². The van der Waals surface area contributed by atoms with E-state index in [9.17, 15) is 18.0 Å². The molecule has 0 aliphatic rings. The van der Waals surface area contributed by atoms with E-state index in [4.69, 9.17) is 0 Å². The normalized spacial score (nSPS) is 11.4. The average molecular weight is 239 g/mol. The van der Waals surface area contributed by atoms with E-state index in [0.29, 0.717) is 0 Å². The Bertz CT molecular complexity index is 312. The summed E-state index contributed by atoms with van der Waals surface area (Å²) in [7, 11) is 0. The molecule has 0 bridgehead atoms. The summed E-state index contributed by atoms with van der Waals surface area (Å²) in [4.78, 5) is 14.8. The first-order chi connectivity index (χ1) is 6.99. The molecule has 1 rings (SSSR count). The van der Waals surface area contributed by atoms with Crippen LogP contribution in [0, 0.1) is 0 Å². The Balaban J connectivity index is 2.19. The number of hydrogen-bond acceptors (Lipinski definition) is 3. The van der Waals surface area contributed by atoms with Crippen molar-refractivity contribution in [3.8, 4) is 0 Å². The van der Waals surface area contributed by atoms with E-state index in [1.165, 1.54) is 18.7 Å². The van der Waals surface area contributed by atoms with Crippen molar-refractivity contribution in [1.82, 2.24) is 14.9 Å². The zero-order valence-corrected chi connectivity index (χ0v) is 8.31. The van der Waals surface area contributed by atoms with Crippen molar-refractivity contribution in [1.29, 1.82) is 0 Å². The number of thioether (sulfide) groups is 1. The molecule has 1 amide bonds. The van der Waals surface area contributed by atoms with Gasteiger partial charge in [-0.15, -0.1) is 0 Å². The van der Waals surface area contributed by atoms with Crippen LogP contribution in [0.2, 0.25) is 0 Å². The van der Waals surface area contributed by atoms with Gasteiger partial charge in [0.1, 0.15) is 6.33 Å². The van der Waals surface area contributed by atoms with Crippen molar-refractivity contribution >= 4 is 17.8 Å². The molecule has 84 valence electrons. The number of imidazole rings is 1. The number of nitrogens with zero attached hydrogens (tertiary/aromatic N) is 2. The Morgan fingerprint density at radius 3 is 2.80 bits per heavy atom. The van der Waals surface area contributed by atoms with Gasteiger partial charge in [0.15, 0.2) is 0 Å². The van der Waals surface area contributed by atoms with Crippen LogP contribution in [0.3, 0.4) is 0 Å². The minimum atomic E-state index is -4.25. The molecule has 0 aliphatic carbocycles. The van der Waals surface area contributed by atoms with E-state index < -0.39 is 11.5 Å². The van der Waals surface area contributed by atoms with Gasteiger partial charge < -0.3 is 5.32 Å². The summed E-state index contributed by atoms with van der Waals surface area (Å²) in [5.74, 6) is -0.204. The summed E-state index contributed by atoms with van der Waals surface area (Å²) in [6.45, 7) is -0.0405. The number of amides is 1. The highest BCUT2D eigenvalue weighted by Gasteiger charge is 2.27. The van der Waals surface area contributed by atoms with Gasteiger partial charge in [-0.25, -0.2) is 9.78 Å². The molecule has 0 aliphatic heterocycles. The fraction of sp³-hybridized carbons (Fsp3) is 0.429. The van der Waals surface area contributed by atoms with Crippen LogP contribution in [0.4, 0.5) is 18.0 Å². The molecule has 4 nitrogen and oxygen atoms in total. The second-order valence-electron chi connectivity index (χ2n) is 2.50. The Morgan fingerprint density at radius 2 is 2.27 bits per heavy atom. The molecule has 8 heteroatoms. The maximum atomic E-state index is 11.7. The van der Waals surface area contributed by atoms with Gasteiger partial charge in [0, 0.05) is 24.7 Å². The molecule has 1 N–H and O–H groups in total. The molecule has 0 aromatic carbocycles. The summed E-state index contributed by atoms with van der Waals surface area (Å²) in [6.07, 6.45) is 4.09. The number of carbonyl (C=O) groups is 1. The highest BCUT2D eigenvalue weighted by Crippen LogP contribution is 2.29. The summed E-state index contributed by atoms with van der Waals surface area (Å²) < 4.78 is 36.2. The minimum absolute atomic E-state index is 0.0405. The van der Waals surface area contributed by atoms with E-state index >= 15 is 0 Å². The summed E-state index contributed by atoms with van der Waals surface area (Å²) >= 11 is -0.167. The predicted octanol–water partition coefficient (Wildman–Crippen LogP) is 1.69. The smallest absolute Gasteiger partial charge is 0.337 e. The third-order valence-corrected chi connectivity index (χ3v) is 2.12. The van der Waals surface area contributed by atoms with E-state index in [-0.39, 0.29) is 24.1 Å². The highest BCUT2D eigenvalue weighted by atomic mass is 32.2. The van der Waals surface area contributed by atoms with Crippen LogP contribution < -0.4 is 5.32 Å². The predicted molar refractivity (Wildman–Crippen MR) is 49.5 cm³/mol. The molecule has 15 heavy (non-hydrogen) atoms. The molecule has 1 aromatic heterocycles. The quantitative estimate of drug-likeness (QED) is 0.816. The second kappa shape index (κ2) is 5.06. The average Bonchev–Trinajstić information content (AvgIpc) is 2.63. The maximum absolute atomic E-state index is 11.7. The first-order valence-corrected chi connectivity index (χ1v) is 4.94. The minimum Gasteiger partial charge on any atom is -0.337 e. The number of halogens is 3. The van der Waals surface area contributed by atoms with Crippen molar-refractivity contribution in [2.24, 2.45) is 0 Å². The number of rotatable bonds is 3. The molecule has 1 heterocycles. The van der Waals surface area contributed by atoms with Crippen molar-refractivity contribution in [3.05, 3.63) is 18.7 Å². The summed E-state index contributed by atoms with van der Waals surface area (Å²) in [5.41, 5.74) is -4.25. The first kappa shape index (κ1) is 11.9. The van der Waals surface area contributed by atoms with Gasteiger partial charge in [0.05, 0.1) is 0 Å². The largest absolute Gasteiger partial charge is 0.441 e. The van der Waals surface area contributed by atoms with Gasteiger partial charge in [-0.3, -0.25) is 4.57 Å². The van der Waals surface area contributed by atoms with E-state index in [1.54, 1.807) is 0 Å². The van der Waals surface area contributed by atoms with Crippen molar-refractivity contribution in [2.45, 2.75) is 5.51 Å². The molecule has 0 saturated carbocycles. The molecule has 0 fully saturated rings. The monoisotopic (exact) mass is 239 g/mol. The third kappa shape index (κ3) is 4.73. The zero-order valence-electron chi connectivity index (χ0n) is 7.49. The van der Waals surface area contributed by atoms with Crippen molar-refractivity contribution in [2.75, 3.05) is 12.3 Å². The second-order valence-corrected chi connectivity index (χ2v) is 3.66. The zero-order chi connectivity index (χ0) is 11.3. The lowest BCUT2D eigenvalue weighted by Gasteiger charge is -2.06. The Kier molecular flexibility index (Phi) is 4.01. The Labute approximate surface area is 87.9 Å². The van der Waals surface area contributed by atoms with Crippen LogP contribution in [-0.2, 0) is 0 Å². The van der Waals surface area contributed by atoms with Gasteiger partial charge in [0.2, 0.25) is 0 Å². The molecule has 0 unspecified atom stereocenters. The number of carbonyl (C=O) groups excluding carboxylic acids is 1. The number of alkyl halides is 3. The topological polar surface area (TPSA) is 46.9 Å². The molecule has 0 spiro atoms. The highest BCUT2D eigenvalue weighted by molar-refractivity contribution is 8.00. The van der Waals surface area contributed by atoms with Crippen LogP contribution in [-0.4, -0.2) is 33.4 Å². The van der Waals surface area contributed by atoms with Crippen LogP contribution in [0.5, 0.6) is 0 Å².